The van der Waals surface area contributed by atoms with E-state index in [-0.39, 0.29) is 12.4 Å². The molecule has 0 atom stereocenters. The fourth-order valence-corrected chi connectivity index (χ4v) is 2.52. The van der Waals surface area contributed by atoms with E-state index in [0.717, 1.165) is 12.8 Å². The largest absolute Gasteiger partial charge is 0.454 e. The lowest BCUT2D eigenvalue weighted by Gasteiger charge is -2.11. The van der Waals surface area contributed by atoms with Crippen LogP contribution < -0.4 is 4.74 Å². The number of halogens is 1. The van der Waals surface area contributed by atoms with Gasteiger partial charge in [-0.05, 0) is 48.6 Å². The minimum atomic E-state index is -0.452. The minimum Gasteiger partial charge on any atom is -0.454 e. The molecule has 2 aromatic rings. The van der Waals surface area contributed by atoms with E-state index in [4.69, 9.17) is 4.74 Å². The molecule has 0 saturated carbocycles. The van der Waals surface area contributed by atoms with Crippen molar-refractivity contribution < 1.29 is 14.2 Å². The molecule has 98 valence electrons. The van der Waals surface area contributed by atoms with Crippen molar-refractivity contribution in [3.63, 3.8) is 0 Å². The van der Waals surface area contributed by atoms with E-state index in [1.165, 1.54) is 23.6 Å². The van der Waals surface area contributed by atoms with Crippen LogP contribution in [0.25, 0.3) is 0 Å². The highest BCUT2D eigenvalue weighted by molar-refractivity contribution is 5.43. The third kappa shape index (κ3) is 2.34. The standard InChI is InChI=1S/C16H15FO2/c17-15-6-2-5-13(10-18)16(15)19-14-8-7-11-3-1-4-12(11)9-14/h2,5-9,18H,1,3-4,10H2. The van der Waals surface area contributed by atoms with Gasteiger partial charge in [0.25, 0.3) is 0 Å². The van der Waals surface area contributed by atoms with Gasteiger partial charge in [0.05, 0.1) is 6.61 Å². The molecule has 1 aliphatic rings. The summed E-state index contributed by atoms with van der Waals surface area (Å²) in [5.74, 6) is 0.287. The molecule has 1 N–H and O–H groups in total. The zero-order valence-corrected chi connectivity index (χ0v) is 10.5. The molecule has 3 rings (SSSR count). The monoisotopic (exact) mass is 258 g/mol. The van der Waals surface area contributed by atoms with E-state index in [1.54, 1.807) is 12.1 Å². The molecule has 0 aliphatic heterocycles. The van der Waals surface area contributed by atoms with Gasteiger partial charge < -0.3 is 9.84 Å². The number of rotatable bonds is 3. The summed E-state index contributed by atoms with van der Waals surface area (Å²) >= 11 is 0. The SMILES string of the molecule is OCc1cccc(F)c1Oc1ccc2c(c1)CCC2. The van der Waals surface area contributed by atoms with Gasteiger partial charge in [0, 0.05) is 5.56 Å². The normalized spacial score (nSPS) is 13.4. The third-order valence-corrected chi connectivity index (χ3v) is 3.51. The maximum atomic E-state index is 13.8. The molecule has 0 saturated heterocycles. The van der Waals surface area contributed by atoms with E-state index >= 15 is 0 Å². The number of benzene rings is 2. The fraction of sp³-hybridized carbons (Fsp3) is 0.250. The van der Waals surface area contributed by atoms with E-state index < -0.39 is 5.82 Å². The number of aliphatic hydroxyl groups excluding tert-OH is 1. The van der Waals surface area contributed by atoms with Gasteiger partial charge in [-0.25, -0.2) is 4.39 Å². The molecule has 0 radical (unpaired) electrons. The van der Waals surface area contributed by atoms with Gasteiger partial charge in [-0.1, -0.05) is 18.2 Å². The van der Waals surface area contributed by atoms with Crippen molar-refractivity contribution in [2.24, 2.45) is 0 Å². The van der Waals surface area contributed by atoms with Crippen LogP contribution in [0.1, 0.15) is 23.1 Å². The molecule has 2 aromatic carbocycles. The molecule has 0 bridgehead atoms. The Labute approximate surface area is 111 Å². The number of hydrogen-bond donors (Lipinski definition) is 1. The summed E-state index contributed by atoms with van der Waals surface area (Å²) in [4.78, 5) is 0. The molecule has 0 fully saturated rings. The van der Waals surface area contributed by atoms with Crippen LogP contribution in [-0.2, 0) is 19.4 Å². The van der Waals surface area contributed by atoms with Crippen LogP contribution >= 0.6 is 0 Å². The number of ether oxygens (including phenoxy) is 1. The van der Waals surface area contributed by atoms with E-state index in [9.17, 15) is 9.50 Å². The Morgan fingerprint density at radius 2 is 1.95 bits per heavy atom. The molecular formula is C16H15FO2. The highest BCUT2D eigenvalue weighted by Crippen LogP contribution is 2.32. The maximum absolute atomic E-state index is 13.8. The molecule has 1 aliphatic carbocycles. The lowest BCUT2D eigenvalue weighted by molar-refractivity contribution is 0.274. The van der Waals surface area contributed by atoms with Crippen molar-refractivity contribution >= 4 is 0 Å². The van der Waals surface area contributed by atoms with Crippen LogP contribution in [0.15, 0.2) is 36.4 Å². The van der Waals surface area contributed by atoms with Crippen molar-refractivity contribution in [2.75, 3.05) is 0 Å². The van der Waals surface area contributed by atoms with Gasteiger partial charge in [0.2, 0.25) is 0 Å². The topological polar surface area (TPSA) is 29.5 Å². The Hall–Kier alpha value is -1.87. The number of para-hydroxylation sites is 1. The highest BCUT2D eigenvalue weighted by Gasteiger charge is 2.14. The Morgan fingerprint density at radius 3 is 2.79 bits per heavy atom. The first-order valence-corrected chi connectivity index (χ1v) is 6.46. The summed E-state index contributed by atoms with van der Waals surface area (Å²) in [6.45, 7) is -0.238. The van der Waals surface area contributed by atoms with E-state index in [0.29, 0.717) is 11.3 Å². The second-order valence-electron chi connectivity index (χ2n) is 4.77. The van der Waals surface area contributed by atoms with Gasteiger partial charge in [-0.2, -0.15) is 0 Å². The number of aliphatic hydroxyl groups is 1. The Balaban J connectivity index is 1.93. The van der Waals surface area contributed by atoms with Crippen LogP contribution in [0, 0.1) is 5.82 Å². The molecule has 0 spiro atoms. The lowest BCUT2D eigenvalue weighted by Crippen LogP contribution is -1.95. The van der Waals surface area contributed by atoms with Crippen molar-refractivity contribution in [2.45, 2.75) is 25.9 Å². The Kier molecular flexibility index (Phi) is 3.22. The quantitative estimate of drug-likeness (QED) is 0.911. The lowest BCUT2D eigenvalue weighted by atomic mass is 10.1. The van der Waals surface area contributed by atoms with Crippen LogP contribution in [0.3, 0.4) is 0 Å². The predicted molar refractivity (Wildman–Crippen MR) is 70.9 cm³/mol. The van der Waals surface area contributed by atoms with Crippen molar-refractivity contribution in [3.05, 3.63) is 58.9 Å². The average Bonchev–Trinajstić information content (AvgIpc) is 2.88. The van der Waals surface area contributed by atoms with Gasteiger partial charge >= 0.3 is 0 Å². The fourth-order valence-electron chi connectivity index (χ4n) is 2.52. The Bertz CT molecular complexity index is 608. The van der Waals surface area contributed by atoms with Crippen LogP contribution in [0.4, 0.5) is 4.39 Å². The van der Waals surface area contributed by atoms with Gasteiger partial charge in [0.15, 0.2) is 11.6 Å². The van der Waals surface area contributed by atoms with Gasteiger partial charge in [-0.15, -0.1) is 0 Å². The number of fused-ring (bicyclic) bond motifs is 1. The summed E-state index contributed by atoms with van der Waals surface area (Å²) in [7, 11) is 0. The molecule has 2 nitrogen and oxygen atoms in total. The maximum Gasteiger partial charge on any atom is 0.168 e. The molecule has 0 heterocycles. The summed E-state index contributed by atoms with van der Waals surface area (Å²) < 4.78 is 19.4. The van der Waals surface area contributed by atoms with Gasteiger partial charge in [0.1, 0.15) is 5.75 Å². The molecule has 0 unspecified atom stereocenters. The zero-order valence-electron chi connectivity index (χ0n) is 10.5. The second kappa shape index (κ2) is 5.02. The molecule has 19 heavy (non-hydrogen) atoms. The molecule has 0 amide bonds. The zero-order chi connectivity index (χ0) is 13.2. The average molecular weight is 258 g/mol. The first kappa shape index (κ1) is 12.2. The smallest absolute Gasteiger partial charge is 0.168 e. The molecule has 0 aromatic heterocycles. The van der Waals surface area contributed by atoms with Gasteiger partial charge in [-0.3, -0.25) is 0 Å². The molecular weight excluding hydrogens is 243 g/mol. The first-order chi connectivity index (χ1) is 9.28. The van der Waals surface area contributed by atoms with E-state index in [2.05, 4.69) is 0 Å². The van der Waals surface area contributed by atoms with Crippen molar-refractivity contribution in [1.82, 2.24) is 0 Å². The molecule has 3 heteroatoms. The summed E-state index contributed by atoms with van der Waals surface area (Å²) in [6, 6.07) is 10.4. The van der Waals surface area contributed by atoms with E-state index in [1.807, 2.05) is 18.2 Å². The second-order valence-corrected chi connectivity index (χ2v) is 4.77. The van der Waals surface area contributed by atoms with Crippen LogP contribution in [0.2, 0.25) is 0 Å². The Morgan fingerprint density at radius 1 is 1.11 bits per heavy atom. The number of hydrogen-bond acceptors (Lipinski definition) is 2. The van der Waals surface area contributed by atoms with Crippen LogP contribution in [-0.4, -0.2) is 5.11 Å². The summed E-state index contributed by atoms with van der Waals surface area (Å²) in [6.07, 6.45) is 3.33. The van der Waals surface area contributed by atoms with Crippen LogP contribution in [0.5, 0.6) is 11.5 Å². The highest BCUT2D eigenvalue weighted by atomic mass is 19.1. The third-order valence-electron chi connectivity index (χ3n) is 3.51. The predicted octanol–water partition coefficient (Wildman–Crippen LogP) is 3.60. The summed E-state index contributed by atoms with van der Waals surface area (Å²) in [5.41, 5.74) is 3.09. The summed E-state index contributed by atoms with van der Waals surface area (Å²) in [5, 5.41) is 9.23. The minimum absolute atomic E-state index is 0.114. The van der Waals surface area contributed by atoms with Crippen molar-refractivity contribution in [3.8, 4) is 11.5 Å². The number of aryl methyl sites for hydroxylation is 2. The van der Waals surface area contributed by atoms with Crippen molar-refractivity contribution in [1.29, 1.82) is 0 Å². The first-order valence-electron chi connectivity index (χ1n) is 6.46.